The molecule has 0 saturated heterocycles. The fraction of sp³-hybridized carbons (Fsp3) is 0.200. The van der Waals surface area contributed by atoms with Gasteiger partial charge in [-0.2, -0.15) is 0 Å². The Labute approximate surface area is 116 Å². The number of nitrogens with zero attached hydrogens (tertiary/aromatic N) is 1. The first-order valence-corrected chi connectivity index (χ1v) is 6.23. The largest absolute Gasteiger partial charge is 0.480 e. The molecule has 1 amide bonds. The predicted octanol–water partition coefficient (Wildman–Crippen LogP) is 1.94. The lowest BCUT2D eigenvalue weighted by molar-refractivity contribution is -0.139. The molecule has 1 aromatic heterocycles. The van der Waals surface area contributed by atoms with Gasteiger partial charge in [-0.15, -0.1) is 6.58 Å². The number of aromatic nitrogens is 1. The number of hydrogen-bond donors (Lipinski definition) is 2. The number of amides is 1. The van der Waals surface area contributed by atoms with Crippen LogP contribution in [0.4, 0.5) is 0 Å². The Balaban J connectivity index is 2.32. The molecule has 0 bridgehead atoms. The van der Waals surface area contributed by atoms with Crippen molar-refractivity contribution in [2.75, 3.05) is 0 Å². The molecule has 1 heterocycles. The average Bonchev–Trinajstić information content (AvgIpc) is 2.76. The number of aliphatic carboxylic acids is 1. The Bertz CT molecular complexity index is 673. The second kappa shape index (κ2) is 5.61. The summed E-state index contributed by atoms with van der Waals surface area (Å²) in [4.78, 5) is 23.3. The third kappa shape index (κ3) is 2.56. The van der Waals surface area contributed by atoms with Crippen LogP contribution in [-0.2, 0) is 11.8 Å². The molecule has 5 heteroatoms. The van der Waals surface area contributed by atoms with E-state index in [0.29, 0.717) is 5.56 Å². The summed E-state index contributed by atoms with van der Waals surface area (Å²) in [6.45, 7) is 3.50. The minimum Gasteiger partial charge on any atom is -0.480 e. The lowest BCUT2D eigenvalue weighted by atomic mass is 10.1. The van der Waals surface area contributed by atoms with Gasteiger partial charge >= 0.3 is 5.97 Å². The Kier molecular flexibility index (Phi) is 3.89. The molecule has 2 aromatic rings. The number of carbonyl (C=O) groups excluding carboxylic acids is 1. The van der Waals surface area contributed by atoms with Crippen molar-refractivity contribution < 1.29 is 14.7 Å². The van der Waals surface area contributed by atoms with Crippen LogP contribution in [0.5, 0.6) is 0 Å². The van der Waals surface area contributed by atoms with Crippen LogP contribution in [0.25, 0.3) is 10.9 Å². The monoisotopic (exact) mass is 272 g/mol. The van der Waals surface area contributed by atoms with Crippen LogP contribution in [-0.4, -0.2) is 27.6 Å². The van der Waals surface area contributed by atoms with Crippen molar-refractivity contribution in [2.24, 2.45) is 7.05 Å². The van der Waals surface area contributed by atoms with Crippen LogP contribution in [0.3, 0.4) is 0 Å². The maximum Gasteiger partial charge on any atom is 0.326 e. The predicted molar refractivity (Wildman–Crippen MR) is 76.6 cm³/mol. The zero-order valence-corrected chi connectivity index (χ0v) is 11.2. The van der Waals surface area contributed by atoms with Crippen molar-refractivity contribution >= 4 is 22.8 Å². The van der Waals surface area contributed by atoms with E-state index in [4.69, 9.17) is 5.11 Å². The molecule has 0 fully saturated rings. The second-order valence-electron chi connectivity index (χ2n) is 4.56. The number of fused-ring (bicyclic) bond motifs is 1. The van der Waals surface area contributed by atoms with Gasteiger partial charge in [-0.25, -0.2) is 4.79 Å². The first-order chi connectivity index (χ1) is 9.54. The molecular formula is C15H16N2O3. The van der Waals surface area contributed by atoms with Gasteiger partial charge in [-0.1, -0.05) is 24.3 Å². The van der Waals surface area contributed by atoms with Gasteiger partial charge in [-0.3, -0.25) is 4.79 Å². The number of carboxylic acid groups (broad SMARTS) is 1. The number of carboxylic acids is 1. The highest BCUT2D eigenvalue weighted by molar-refractivity contribution is 6.07. The first kappa shape index (κ1) is 13.9. The summed E-state index contributed by atoms with van der Waals surface area (Å²) < 4.78 is 1.84. The van der Waals surface area contributed by atoms with E-state index in [0.717, 1.165) is 10.9 Å². The Morgan fingerprint density at radius 1 is 1.45 bits per heavy atom. The van der Waals surface area contributed by atoms with Crippen molar-refractivity contribution in [3.05, 3.63) is 48.7 Å². The number of hydrogen-bond acceptors (Lipinski definition) is 2. The maximum absolute atomic E-state index is 12.2. The molecular weight excluding hydrogens is 256 g/mol. The van der Waals surface area contributed by atoms with Crippen molar-refractivity contribution in [1.29, 1.82) is 0 Å². The van der Waals surface area contributed by atoms with E-state index in [1.807, 2.05) is 35.9 Å². The fourth-order valence-corrected chi connectivity index (χ4v) is 2.15. The van der Waals surface area contributed by atoms with Crippen molar-refractivity contribution in [3.8, 4) is 0 Å². The van der Waals surface area contributed by atoms with E-state index in [1.54, 1.807) is 6.20 Å². The summed E-state index contributed by atoms with van der Waals surface area (Å²) in [5, 5.41) is 12.4. The third-order valence-electron chi connectivity index (χ3n) is 3.15. The number of nitrogens with one attached hydrogen (secondary N) is 1. The van der Waals surface area contributed by atoms with Gasteiger partial charge in [0.15, 0.2) is 0 Å². The molecule has 1 aromatic carbocycles. The molecule has 0 aliphatic carbocycles. The molecule has 2 N–H and O–H groups in total. The van der Waals surface area contributed by atoms with E-state index in [1.165, 1.54) is 6.08 Å². The van der Waals surface area contributed by atoms with Crippen LogP contribution >= 0.6 is 0 Å². The van der Waals surface area contributed by atoms with Gasteiger partial charge in [0.25, 0.3) is 5.91 Å². The van der Waals surface area contributed by atoms with Gasteiger partial charge < -0.3 is 15.0 Å². The molecule has 0 saturated carbocycles. The Morgan fingerprint density at radius 3 is 2.80 bits per heavy atom. The molecule has 0 spiro atoms. The molecule has 104 valence electrons. The molecule has 0 aliphatic rings. The first-order valence-electron chi connectivity index (χ1n) is 6.23. The van der Waals surface area contributed by atoms with E-state index in [9.17, 15) is 9.59 Å². The van der Waals surface area contributed by atoms with Crippen LogP contribution in [0.1, 0.15) is 16.8 Å². The van der Waals surface area contributed by atoms with E-state index >= 15 is 0 Å². The molecule has 0 radical (unpaired) electrons. The molecule has 20 heavy (non-hydrogen) atoms. The highest BCUT2D eigenvalue weighted by Gasteiger charge is 2.21. The van der Waals surface area contributed by atoms with Crippen LogP contribution in [0, 0.1) is 0 Å². The highest BCUT2D eigenvalue weighted by Crippen LogP contribution is 2.20. The van der Waals surface area contributed by atoms with Gasteiger partial charge in [0, 0.05) is 24.1 Å². The zero-order valence-electron chi connectivity index (χ0n) is 11.2. The minimum absolute atomic E-state index is 0.186. The van der Waals surface area contributed by atoms with Crippen LogP contribution in [0.2, 0.25) is 0 Å². The zero-order chi connectivity index (χ0) is 14.7. The van der Waals surface area contributed by atoms with E-state index < -0.39 is 17.9 Å². The second-order valence-corrected chi connectivity index (χ2v) is 4.56. The fourth-order valence-electron chi connectivity index (χ4n) is 2.15. The number of para-hydroxylation sites is 1. The quantitative estimate of drug-likeness (QED) is 0.817. The maximum atomic E-state index is 12.2. The summed E-state index contributed by atoms with van der Waals surface area (Å²) in [6.07, 6.45) is 3.36. The number of rotatable bonds is 5. The van der Waals surface area contributed by atoms with Crippen molar-refractivity contribution in [1.82, 2.24) is 9.88 Å². The Hall–Kier alpha value is -2.56. The summed E-state index contributed by atoms with van der Waals surface area (Å²) in [5.74, 6) is -1.46. The molecule has 1 atom stereocenters. The Morgan fingerprint density at radius 2 is 2.15 bits per heavy atom. The molecule has 2 rings (SSSR count). The smallest absolute Gasteiger partial charge is 0.326 e. The van der Waals surface area contributed by atoms with E-state index in [2.05, 4.69) is 11.9 Å². The number of aryl methyl sites for hydroxylation is 1. The van der Waals surface area contributed by atoms with Gasteiger partial charge in [0.1, 0.15) is 6.04 Å². The molecule has 1 unspecified atom stereocenters. The lowest BCUT2D eigenvalue weighted by Crippen LogP contribution is -2.40. The van der Waals surface area contributed by atoms with Crippen molar-refractivity contribution in [2.45, 2.75) is 12.5 Å². The van der Waals surface area contributed by atoms with Gasteiger partial charge in [-0.05, 0) is 12.5 Å². The summed E-state index contributed by atoms with van der Waals surface area (Å²) in [6, 6.07) is 6.52. The number of benzene rings is 1. The standard InChI is InChI=1S/C15H16N2O3/c1-3-6-12(15(19)20)16-14(18)11-9-17(2)13-8-5-4-7-10(11)13/h3-5,7-9,12H,1,6H2,2H3,(H,16,18)(H,19,20). The molecule has 5 nitrogen and oxygen atoms in total. The lowest BCUT2D eigenvalue weighted by Gasteiger charge is -2.11. The minimum atomic E-state index is -1.07. The SMILES string of the molecule is C=CCC(NC(=O)c1cn(C)c2ccccc12)C(=O)O. The van der Waals surface area contributed by atoms with Crippen molar-refractivity contribution in [3.63, 3.8) is 0 Å². The number of carbonyl (C=O) groups is 2. The van der Waals surface area contributed by atoms with Crippen LogP contribution < -0.4 is 5.32 Å². The summed E-state index contributed by atoms with van der Waals surface area (Å²) in [7, 11) is 1.84. The topological polar surface area (TPSA) is 71.3 Å². The average molecular weight is 272 g/mol. The van der Waals surface area contributed by atoms with Gasteiger partial charge in [0.05, 0.1) is 5.56 Å². The van der Waals surface area contributed by atoms with Crippen LogP contribution in [0.15, 0.2) is 43.1 Å². The molecule has 0 aliphatic heterocycles. The highest BCUT2D eigenvalue weighted by atomic mass is 16.4. The van der Waals surface area contributed by atoms with Gasteiger partial charge in [0.2, 0.25) is 0 Å². The summed E-state index contributed by atoms with van der Waals surface area (Å²) >= 11 is 0. The summed E-state index contributed by atoms with van der Waals surface area (Å²) in [5.41, 5.74) is 1.40. The third-order valence-corrected chi connectivity index (χ3v) is 3.15. The normalized spacial score (nSPS) is 12.1. The van der Waals surface area contributed by atoms with E-state index in [-0.39, 0.29) is 6.42 Å².